The highest BCUT2D eigenvalue weighted by Crippen LogP contribution is 2.54. The number of hydrogen-bond donors (Lipinski definition) is 3. The molecule has 3 aliphatic heterocycles. The number of carbonyl (C=O) groups is 4. The highest BCUT2D eigenvalue weighted by atomic mass is 19.1. The third-order valence-corrected chi connectivity index (χ3v) is 7.07. The Bertz CT molecular complexity index is 976. The van der Waals surface area contributed by atoms with Gasteiger partial charge in [0.05, 0.1) is 11.8 Å². The second kappa shape index (κ2) is 6.60. The van der Waals surface area contributed by atoms with Crippen molar-refractivity contribution in [3.05, 3.63) is 29.6 Å². The van der Waals surface area contributed by atoms with Crippen LogP contribution in [-0.2, 0) is 24.7 Å². The Balaban J connectivity index is 1.63. The Morgan fingerprint density at radius 3 is 2.60 bits per heavy atom. The van der Waals surface area contributed by atoms with E-state index in [0.29, 0.717) is 11.3 Å². The number of nitrogens with zero attached hydrogens (tertiary/aromatic N) is 1. The Morgan fingerprint density at radius 2 is 1.90 bits per heavy atom. The summed E-state index contributed by atoms with van der Waals surface area (Å²) in [4.78, 5) is 53.2. The van der Waals surface area contributed by atoms with Gasteiger partial charge in [-0.2, -0.15) is 0 Å². The van der Waals surface area contributed by atoms with Crippen molar-refractivity contribution in [2.45, 2.75) is 56.1 Å². The average Bonchev–Trinajstić information content (AvgIpc) is 3.27. The lowest BCUT2D eigenvalue weighted by molar-refractivity contribution is -0.146. The summed E-state index contributed by atoms with van der Waals surface area (Å²) in [5, 5.41) is 5.78. The molecule has 3 fully saturated rings. The van der Waals surface area contributed by atoms with Crippen LogP contribution in [0.5, 0.6) is 0 Å². The molecule has 5 rings (SSSR count). The fourth-order valence-electron chi connectivity index (χ4n) is 5.89. The number of halogens is 1. The number of hydrogen-bond acceptors (Lipinski definition) is 5. The predicted octanol–water partition coefficient (Wildman–Crippen LogP) is 0.754. The van der Waals surface area contributed by atoms with E-state index in [-0.39, 0.29) is 18.4 Å². The quantitative estimate of drug-likeness (QED) is 0.631. The maximum absolute atomic E-state index is 14.1. The van der Waals surface area contributed by atoms with Gasteiger partial charge in [0.1, 0.15) is 11.4 Å². The average molecular weight is 414 g/mol. The van der Waals surface area contributed by atoms with E-state index in [9.17, 15) is 23.6 Å². The molecule has 0 radical (unpaired) electrons. The van der Waals surface area contributed by atoms with Crippen LogP contribution in [0.15, 0.2) is 18.2 Å². The summed E-state index contributed by atoms with van der Waals surface area (Å²) in [6.07, 6.45) is 4.19. The van der Waals surface area contributed by atoms with Gasteiger partial charge in [-0.1, -0.05) is 19.3 Å². The summed E-state index contributed by atoms with van der Waals surface area (Å²) in [7, 11) is 0. The first kappa shape index (κ1) is 19.2. The number of anilines is 1. The first-order valence-electron chi connectivity index (χ1n) is 10.4. The van der Waals surface area contributed by atoms with Gasteiger partial charge in [0.25, 0.3) is 0 Å². The molecule has 1 spiro atoms. The molecule has 1 aromatic rings. The zero-order valence-electron chi connectivity index (χ0n) is 16.3. The zero-order valence-corrected chi connectivity index (χ0v) is 16.3. The normalized spacial score (nSPS) is 33.2. The molecule has 4 amide bonds. The van der Waals surface area contributed by atoms with E-state index in [1.54, 1.807) is 0 Å². The van der Waals surface area contributed by atoms with Crippen LogP contribution in [0.2, 0.25) is 0 Å². The Hall–Kier alpha value is -2.81. The van der Waals surface area contributed by atoms with Gasteiger partial charge in [-0.15, -0.1) is 0 Å². The molecule has 30 heavy (non-hydrogen) atoms. The molecule has 9 heteroatoms. The minimum Gasteiger partial charge on any atom is -0.370 e. The number of benzene rings is 1. The standard InChI is InChI=1S/C21H23FN4O4/c22-10-6-7-13-12(8-10)21(20(30)24-13)17-16(14(25-21)9-15(23)27)18(28)26(19(17)29)11-4-2-1-3-5-11/h6-8,11,14,16-17,25H,1-5,9H2,(H2,23,27)(H,24,30)/t14-,16-,17+,21+/m1/s1. The SMILES string of the molecule is NC(=O)C[C@H]1N[C@]2(C(=O)Nc3ccc(F)cc32)[C@@H]2C(=O)N(C3CCCCC3)C(=O)[C@@H]21. The van der Waals surface area contributed by atoms with Crippen LogP contribution < -0.4 is 16.4 Å². The largest absolute Gasteiger partial charge is 0.370 e. The lowest BCUT2D eigenvalue weighted by Gasteiger charge is -2.33. The van der Waals surface area contributed by atoms with Gasteiger partial charge < -0.3 is 11.1 Å². The second-order valence-corrected chi connectivity index (χ2v) is 8.72. The van der Waals surface area contributed by atoms with E-state index >= 15 is 0 Å². The molecule has 1 aromatic carbocycles. The second-order valence-electron chi connectivity index (χ2n) is 8.72. The molecule has 0 bridgehead atoms. The number of primary amides is 1. The third kappa shape index (κ3) is 2.47. The van der Waals surface area contributed by atoms with E-state index in [1.807, 2.05) is 0 Å². The van der Waals surface area contributed by atoms with Crippen molar-refractivity contribution in [3.63, 3.8) is 0 Å². The molecule has 0 aromatic heterocycles. The lowest BCUT2D eigenvalue weighted by Crippen LogP contribution is -2.54. The van der Waals surface area contributed by atoms with Crippen molar-refractivity contribution in [1.29, 1.82) is 0 Å². The predicted molar refractivity (Wildman–Crippen MR) is 103 cm³/mol. The molecule has 0 unspecified atom stereocenters. The minimum atomic E-state index is -1.60. The molecule has 1 saturated carbocycles. The number of rotatable bonds is 3. The molecular formula is C21H23FN4O4. The van der Waals surface area contributed by atoms with Gasteiger partial charge in [0.2, 0.25) is 23.6 Å². The van der Waals surface area contributed by atoms with E-state index in [0.717, 1.165) is 32.1 Å². The van der Waals surface area contributed by atoms with Crippen LogP contribution in [0.4, 0.5) is 10.1 Å². The van der Waals surface area contributed by atoms with Crippen LogP contribution in [0.1, 0.15) is 44.1 Å². The van der Waals surface area contributed by atoms with Gasteiger partial charge in [0.15, 0.2) is 0 Å². The molecule has 4 N–H and O–H groups in total. The number of fused-ring (bicyclic) bond motifs is 4. The van der Waals surface area contributed by atoms with Gasteiger partial charge in [-0.25, -0.2) is 4.39 Å². The highest BCUT2D eigenvalue weighted by Gasteiger charge is 2.71. The molecule has 4 aliphatic rings. The number of likely N-dealkylation sites (tertiary alicyclic amines) is 1. The third-order valence-electron chi connectivity index (χ3n) is 7.07. The lowest BCUT2D eigenvalue weighted by atomic mass is 9.76. The Kier molecular flexibility index (Phi) is 4.22. The van der Waals surface area contributed by atoms with Crippen molar-refractivity contribution in [2.75, 3.05) is 5.32 Å². The van der Waals surface area contributed by atoms with Gasteiger partial charge in [0, 0.05) is 29.8 Å². The van der Waals surface area contributed by atoms with Gasteiger partial charge in [-0.05, 0) is 31.0 Å². The molecule has 2 saturated heterocycles. The maximum atomic E-state index is 14.1. The van der Waals surface area contributed by atoms with E-state index in [1.165, 1.54) is 23.1 Å². The van der Waals surface area contributed by atoms with Crippen LogP contribution in [0.25, 0.3) is 0 Å². The summed E-state index contributed by atoms with van der Waals surface area (Å²) < 4.78 is 14.1. The summed E-state index contributed by atoms with van der Waals surface area (Å²) in [5.41, 5.74) is 4.49. The summed E-state index contributed by atoms with van der Waals surface area (Å²) in [6.45, 7) is 0. The molecule has 158 valence electrons. The Morgan fingerprint density at radius 1 is 1.17 bits per heavy atom. The number of amides is 4. The fraction of sp³-hybridized carbons (Fsp3) is 0.524. The first-order valence-corrected chi connectivity index (χ1v) is 10.4. The molecule has 1 aliphatic carbocycles. The van der Waals surface area contributed by atoms with Crippen molar-refractivity contribution in [1.82, 2.24) is 10.2 Å². The number of nitrogens with two attached hydrogens (primary N) is 1. The van der Waals surface area contributed by atoms with Gasteiger partial charge >= 0.3 is 0 Å². The molecule has 3 heterocycles. The monoisotopic (exact) mass is 414 g/mol. The van der Waals surface area contributed by atoms with Gasteiger partial charge in [-0.3, -0.25) is 29.4 Å². The minimum absolute atomic E-state index is 0.196. The zero-order chi connectivity index (χ0) is 21.2. The van der Waals surface area contributed by atoms with Crippen LogP contribution >= 0.6 is 0 Å². The van der Waals surface area contributed by atoms with Crippen molar-refractivity contribution < 1.29 is 23.6 Å². The van der Waals surface area contributed by atoms with E-state index < -0.39 is 47.0 Å². The van der Waals surface area contributed by atoms with Crippen LogP contribution in [0, 0.1) is 17.7 Å². The number of carbonyl (C=O) groups excluding carboxylic acids is 4. The Labute approximate surface area is 172 Å². The van der Waals surface area contributed by atoms with Crippen molar-refractivity contribution >= 4 is 29.3 Å². The number of nitrogens with one attached hydrogen (secondary N) is 2. The van der Waals surface area contributed by atoms with E-state index in [4.69, 9.17) is 5.73 Å². The molecule has 4 atom stereocenters. The first-order chi connectivity index (χ1) is 14.3. The van der Waals surface area contributed by atoms with Crippen LogP contribution in [0.3, 0.4) is 0 Å². The maximum Gasteiger partial charge on any atom is 0.250 e. The van der Waals surface area contributed by atoms with Crippen molar-refractivity contribution in [3.8, 4) is 0 Å². The highest BCUT2D eigenvalue weighted by molar-refractivity contribution is 6.15. The summed E-state index contributed by atoms with van der Waals surface area (Å²) >= 11 is 0. The number of imide groups is 1. The molecule has 8 nitrogen and oxygen atoms in total. The summed E-state index contributed by atoms with van der Waals surface area (Å²) in [5.74, 6) is -4.45. The van der Waals surface area contributed by atoms with E-state index in [2.05, 4.69) is 10.6 Å². The van der Waals surface area contributed by atoms with Crippen LogP contribution in [-0.4, -0.2) is 40.6 Å². The smallest absolute Gasteiger partial charge is 0.250 e. The fourth-order valence-corrected chi connectivity index (χ4v) is 5.89. The summed E-state index contributed by atoms with van der Waals surface area (Å²) in [6, 6.07) is 2.90. The topological polar surface area (TPSA) is 122 Å². The molecular weight excluding hydrogens is 391 g/mol. The van der Waals surface area contributed by atoms with Crippen molar-refractivity contribution in [2.24, 2.45) is 17.6 Å².